The molecule has 0 aromatic heterocycles. The highest BCUT2D eigenvalue weighted by atomic mass is 32.2. The highest BCUT2D eigenvalue weighted by Crippen LogP contribution is 2.11. The standard InChI is InChI=1S/C14H18FNO6S/c1-20-16-9-12(15)8-13(22-23(2,18)19)10-21-14(17)11-6-4-3-5-7-11/h3-7,9,12-13H,8,10H2,1-2H3. The Kier molecular flexibility index (Phi) is 7.63. The van der Waals surface area contributed by atoms with Crippen molar-refractivity contribution in [3.63, 3.8) is 0 Å². The Balaban J connectivity index is 2.65. The second-order valence-corrected chi connectivity index (χ2v) is 6.18. The summed E-state index contributed by atoms with van der Waals surface area (Å²) in [4.78, 5) is 16.1. The van der Waals surface area contributed by atoms with E-state index in [0.29, 0.717) is 5.56 Å². The molecule has 0 saturated heterocycles. The summed E-state index contributed by atoms with van der Waals surface area (Å²) in [6.07, 6.45) is -1.46. The van der Waals surface area contributed by atoms with Crippen LogP contribution >= 0.6 is 0 Å². The molecule has 128 valence electrons. The number of nitrogens with zero attached hydrogens (tertiary/aromatic N) is 1. The van der Waals surface area contributed by atoms with Crippen LogP contribution in [0.1, 0.15) is 16.8 Å². The first kappa shape index (κ1) is 19.0. The molecule has 1 rings (SSSR count). The molecule has 0 aliphatic carbocycles. The SMILES string of the molecule is CON=CC(F)CC(COC(=O)c1ccccc1)OS(C)(=O)=O. The Morgan fingerprint density at radius 3 is 2.57 bits per heavy atom. The van der Waals surface area contributed by atoms with Gasteiger partial charge < -0.3 is 9.57 Å². The van der Waals surface area contributed by atoms with Gasteiger partial charge in [0.05, 0.1) is 18.0 Å². The van der Waals surface area contributed by atoms with Crippen LogP contribution in [0.25, 0.3) is 0 Å². The minimum atomic E-state index is -3.84. The second-order valence-electron chi connectivity index (χ2n) is 4.58. The molecule has 0 spiro atoms. The van der Waals surface area contributed by atoms with Crippen LogP contribution in [0.5, 0.6) is 0 Å². The summed E-state index contributed by atoms with van der Waals surface area (Å²) in [6.45, 7) is -0.415. The second kappa shape index (κ2) is 9.21. The lowest BCUT2D eigenvalue weighted by atomic mass is 10.2. The number of ether oxygens (including phenoxy) is 1. The van der Waals surface area contributed by atoms with Gasteiger partial charge in [-0.2, -0.15) is 8.42 Å². The molecule has 23 heavy (non-hydrogen) atoms. The molecule has 0 aliphatic heterocycles. The number of hydrogen-bond acceptors (Lipinski definition) is 7. The Morgan fingerprint density at radius 1 is 1.35 bits per heavy atom. The number of oxime groups is 1. The van der Waals surface area contributed by atoms with E-state index in [1.807, 2.05) is 0 Å². The molecule has 0 aliphatic rings. The number of esters is 1. The van der Waals surface area contributed by atoms with Crippen molar-refractivity contribution in [1.29, 1.82) is 0 Å². The molecule has 0 fully saturated rings. The van der Waals surface area contributed by atoms with Gasteiger partial charge in [-0.05, 0) is 12.1 Å². The van der Waals surface area contributed by atoms with Crippen molar-refractivity contribution in [3.05, 3.63) is 35.9 Å². The smallest absolute Gasteiger partial charge is 0.338 e. The Morgan fingerprint density at radius 2 is 2.00 bits per heavy atom. The number of alkyl halides is 1. The van der Waals surface area contributed by atoms with Crippen molar-refractivity contribution in [1.82, 2.24) is 0 Å². The first-order valence-corrected chi connectivity index (χ1v) is 8.44. The van der Waals surface area contributed by atoms with Crippen molar-refractivity contribution in [2.45, 2.75) is 18.7 Å². The molecular weight excluding hydrogens is 329 g/mol. The van der Waals surface area contributed by atoms with Crippen molar-refractivity contribution in [3.8, 4) is 0 Å². The van der Waals surface area contributed by atoms with Gasteiger partial charge in [0, 0.05) is 6.42 Å². The predicted molar refractivity (Wildman–Crippen MR) is 81.5 cm³/mol. The minimum Gasteiger partial charge on any atom is -0.459 e. The third-order valence-corrected chi connectivity index (χ3v) is 3.16. The average Bonchev–Trinajstić information content (AvgIpc) is 2.49. The molecule has 0 N–H and O–H groups in total. The van der Waals surface area contributed by atoms with E-state index in [2.05, 4.69) is 9.99 Å². The quantitative estimate of drug-likeness (QED) is 0.291. The molecule has 0 radical (unpaired) electrons. The molecule has 0 heterocycles. The summed E-state index contributed by atoms with van der Waals surface area (Å²) in [7, 11) is -2.59. The van der Waals surface area contributed by atoms with Crippen molar-refractivity contribution in [2.75, 3.05) is 20.0 Å². The van der Waals surface area contributed by atoms with Crippen LogP contribution in [0.15, 0.2) is 35.5 Å². The fourth-order valence-electron chi connectivity index (χ4n) is 1.65. The number of hydrogen-bond donors (Lipinski definition) is 0. The van der Waals surface area contributed by atoms with E-state index in [1.54, 1.807) is 18.2 Å². The molecule has 1 aromatic carbocycles. The molecule has 0 amide bonds. The maximum absolute atomic E-state index is 13.6. The number of halogens is 1. The lowest BCUT2D eigenvalue weighted by Gasteiger charge is -2.17. The van der Waals surface area contributed by atoms with E-state index in [0.717, 1.165) is 12.5 Å². The Labute approximate surface area is 134 Å². The van der Waals surface area contributed by atoms with Crippen LogP contribution in [-0.2, 0) is 23.9 Å². The van der Waals surface area contributed by atoms with Gasteiger partial charge in [-0.25, -0.2) is 9.18 Å². The van der Waals surface area contributed by atoms with E-state index in [1.165, 1.54) is 19.2 Å². The number of carbonyl (C=O) groups is 1. The number of rotatable bonds is 9. The largest absolute Gasteiger partial charge is 0.459 e. The first-order chi connectivity index (χ1) is 10.8. The maximum Gasteiger partial charge on any atom is 0.338 e. The fraction of sp³-hybridized carbons (Fsp3) is 0.429. The van der Waals surface area contributed by atoms with E-state index >= 15 is 0 Å². The zero-order chi connectivity index (χ0) is 17.3. The minimum absolute atomic E-state index is 0.295. The van der Waals surface area contributed by atoms with Crippen molar-refractivity contribution >= 4 is 22.3 Å². The summed E-state index contributed by atoms with van der Waals surface area (Å²) in [5.41, 5.74) is 0.295. The molecule has 0 bridgehead atoms. The maximum atomic E-state index is 13.6. The highest BCUT2D eigenvalue weighted by molar-refractivity contribution is 7.86. The zero-order valence-corrected chi connectivity index (χ0v) is 13.5. The molecule has 9 heteroatoms. The molecule has 0 saturated carbocycles. The van der Waals surface area contributed by atoms with Gasteiger partial charge in [0.25, 0.3) is 10.1 Å². The number of benzene rings is 1. The third-order valence-electron chi connectivity index (χ3n) is 2.54. The molecule has 7 nitrogen and oxygen atoms in total. The van der Waals surface area contributed by atoms with Crippen LogP contribution in [0, 0.1) is 0 Å². The first-order valence-electron chi connectivity index (χ1n) is 6.63. The van der Waals surface area contributed by atoms with E-state index in [9.17, 15) is 17.6 Å². The summed E-state index contributed by atoms with van der Waals surface area (Å²) in [5, 5.41) is 3.25. The van der Waals surface area contributed by atoms with Crippen LogP contribution in [0.4, 0.5) is 4.39 Å². The average molecular weight is 347 g/mol. The molecule has 2 atom stereocenters. The van der Waals surface area contributed by atoms with Crippen molar-refractivity contribution < 1.29 is 31.4 Å². The van der Waals surface area contributed by atoms with Gasteiger partial charge in [0.1, 0.15) is 26.0 Å². The summed E-state index contributed by atoms with van der Waals surface area (Å²) >= 11 is 0. The monoisotopic (exact) mass is 347 g/mol. The van der Waals surface area contributed by atoms with Crippen LogP contribution in [-0.4, -0.2) is 52.8 Å². The van der Waals surface area contributed by atoms with E-state index in [-0.39, 0.29) is 6.42 Å². The summed E-state index contributed by atoms with van der Waals surface area (Å²) < 4.78 is 45.7. The molecule has 1 aromatic rings. The third kappa shape index (κ3) is 8.27. The van der Waals surface area contributed by atoms with Crippen LogP contribution in [0.2, 0.25) is 0 Å². The molecular formula is C14H18FNO6S. The highest BCUT2D eigenvalue weighted by Gasteiger charge is 2.22. The zero-order valence-electron chi connectivity index (χ0n) is 12.7. The predicted octanol–water partition coefficient (Wildman–Crippen LogP) is 1.55. The van der Waals surface area contributed by atoms with Gasteiger partial charge in [-0.1, -0.05) is 23.4 Å². The van der Waals surface area contributed by atoms with Crippen molar-refractivity contribution in [2.24, 2.45) is 5.16 Å². The topological polar surface area (TPSA) is 91.3 Å². The van der Waals surface area contributed by atoms with Gasteiger partial charge in [0.15, 0.2) is 0 Å². The lowest BCUT2D eigenvalue weighted by Crippen LogP contribution is -2.28. The van der Waals surface area contributed by atoms with Gasteiger partial charge in [0.2, 0.25) is 0 Å². The number of carbonyl (C=O) groups excluding carboxylic acids is 1. The lowest BCUT2D eigenvalue weighted by molar-refractivity contribution is 0.0284. The Hall–Kier alpha value is -2.00. The van der Waals surface area contributed by atoms with Gasteiger partial charge in [-0.15, -0.1) is 0 Å². The van der Waals surface area contributed by atoms with Crippen LogP contribution < -0.4 is 0 Å². The normalized spacial score (nSPS) is 14.4. The van der Waals surface area contributed by atoms with Gasteiger partial charge in [-0.3, -0.25) is 4.18 Å². The van der Waals surface area contributed by atoms with Crippen LogP contribution in [0.3, 0.4) is 0 Å². The van der Waals surface area contributed by atoms with E-state index in [4.69, 9.17) is 8.92 Å². The molecule has 2 unspecified atom stereocenters. The summed E-state index contributed by atoms with van der Waals surface area (Å²) in [6, 6.07) is 8.12. The van der Waals surface area contributed by atoms with Gasteiger partial charge >= 0.3 is 5.97 Å². The summed E-state index contributed by atoms with van der Waals surface area (Å²) in [5.74, 6) is -0.659. The Bertz CT molecular complexity index is 619. The fourth-order valence-corrected chi connectivity index (χ4v) is 2.28. The van der Waals surface area contributed by atoms with E-state index < -0.39 is 35.0 Å².